The van der Waals surface area contributed by atoms with Crippen molar-refractivity contribution in [2.75, 3.05) is 5.32 Å². The Bertz CT molecular complexity index is 620. The topological polar surface area (TPSA) is 35.8 Å². The number of hydrogen-bond donors (Lipinski definition) is 1. The molecule has 5 heteroatoms. The number of nitrogens with one attached hydrogen (secondary N) is 1. The summed E-state index contributed by atoms with van der Waals surface area (Å²) in [6, 6.07) is 11.9. The molecular formula is C13H7BrClFN2. The van der Waals surface area contributed by atoms with Crippen LogP contribution in [0.3, 0.4) is 0 Å². The summed E-state index contributed by atoms with van der Waals surface area (Å²) in [5.74, 6) is -0.496. The van der Waals surface area contributed by atoms with E-state index in [-0.39, 0.29) is 10.0 Å². The van der Waals surface area contributed by atoms with Crippen LogP contribution in [0.2, 0.25) is 5.02 Å². The van der Waals surface area contributed by atoms with Gasteiger partial charge in [0.15, 0.2) is 5.82 Å². The molecule has 0 saturated heterocycles. The summed E-state index contributed by atoms with van der Waals surface area (Å²) in [6.07, 6.45) is 0. The van der Waals surface area contributed by atoms with E-state index in [2.05, 4.69) is 21.2 Å². The summed E-state index contributed by atoms with van der Waals surface area (Å²) < 4.78 is 14.1. The summed E-state index contributed by atoms with van der Waals surface area (Å²) >= 11 is 8.82. The maximum atomic E-state index is 13.9. The van der Waals surface area contributed by atoms with Crippen LogP contribution < -0.4 is 5.32 Å². The second-order valence-corrected chi connectivity index (χ2v) is 4.76. The molecule has 0 bridgehead atoms. The third kappa shape index (κ3) is 2.63. The Hall–Kier alpha value is -1.57. The number of anilines is 2. The third-order valence-electron chi connectivity index (χ3n) is 2.33. The smallest absolute Gasteiger partial charge is 0.162 e. The highest BCUT2D eigenvalue weighted by molar-refractivity contribution is 9.10. The average Bonchev–Trinajstić information content (AvgIpc) is 2.38. The van der Waals surface area contributed by atoms with Crippen LogP contribution in [0.4, 0.5) is 15.8 Å². The van der Waals surface area contributed by atoms with E-state index in [9.17, 15) is 4.39 Å². The van der Waals surface area contributed by atoms with Gasteiger partial charge in [0.2, 0.25) is 0 Å². The lowest BCUT2D eigenvalue weighted by atomic mass is 10.2. The molecular weight excluding hydrogens is 319 g/mol. The van der Waals surface area contributed by atoms with E-state index in [0.717, 1.165) is 5.69 Å². The Morgan fingerprint density at radius 3 is 2.44 bits per heavy atom. The van der Waals surface area contributed by atoms with Gasteiger partial charge < -0.3 is 5.32 Å². The van der Waals surface area contributed by atoms with Gasteiger partial charge in [0.05, 0.1) is 15.7 Å². The molecule has 0 spiro atoms. The van der Waals surface area contributed by atoms with Gasteiger partial charge in [0.25, 0.3) is 0 Å². The molecule has 0 amide bonds. The molecule has 2 nitrogen and oxygen atoms in total. The van der Waals surface area contributed by atoms with E-state index in [1.54, 1.807) is 30.3 Å². The van der Waals surface area contributed by atoms with Gasteiger partial charge in [-0.1, -0.05) is 11.6 Å². The molecule has 0 atom stereocenters. The Morgan fingerprint density at radius 1 is 1.17 bits per heavy atom. The summed E-state index contributed by atoms with van der Waals surface area (Å²) in [6.45, 7) is 0. The fourth-order valence-corrected chi connectivity index (χ4v) is 1.98. The molecule has 90 valence electrons. The molecule has 2 aromatic rings. The van der Waals surface area contributed by atoms with Gasteiger partial charge in [-0.2, -0.15) is 5.26 Å². The molecule has 0 saturated carbocycles. The van der Waals surface area contributed by atoms with Crippen LogP contribution >= 0.6 is 27.5 Å². The maximum absolute atomic E-state index is 13.9. The molecule has 0 aliphatic heterocycles. The van der Waals surface area contributed by atoms with Crippen molar-refractivity contribution >= 4 is 38.9 Å². The normalized spacial score (nSPS) is 9.89. The number of nitrogens with zero attached hydrogens (tertiary/aromatic N) is 1. The average molecular weight is 326 g/mol. The summed E-state index contributed by atoms with van der Waals surface area (Å²) in [7, 11) is 0. The SMILES string of the molecule is N#Cc1ccc(Nc2ccc(Cl)cc2)c(F)c1Br. The van der Waals surface area contributed by atoms with Crippen molar-refractivity contribution in [2.45, 2.75) is 0 Å². The van der Waals surface area contributed by atoms with Crippen LogP contribution in [-0.4, -0.2) is 0 Å². The second kappa shape index (κ2) is 5.38. The number of nitriles is 1. The highest BCUT2D eigenvalue weighted by Crippen LogP contribution is 2.29. The minimum Gasteiger partial charge on any atom is -0.353 e. The second-order valence-electron chi connectivity index (χ2n) is 3.53. The number of hydrogen-bond acceptors (Lipinski definition) is 2. The van der Waals surface area contributed by atoms with E-state index in [4.69, 9.17) is 16.9 Å². The zero-order valence-electron chi connectivity index (χ0n) is 9.05. The number of rotatable bonds is 2. The predicted molar refractivity (Wildman–Crippen MR) is 73.5 cm³/mol. The van der Waals surface area contributed by atoms with Gasteiger partial charge in [0, 0.05) is 10.7 Å². The van der Waals surface area contributed by atoms with E-state index in [1.165, 1.54) is 6.07 Å². The lowest BCUT2D eigenvalue weighted by molar-refractivity contribution is 0.624. The van der Waals surface area contributed by atoms with Crippen molar-refractivity contribution in [3.8, 4) is 6.07 Å². The maximum Gasteiger partial charge on any atom is 0.162 e. The molecule has 0 aliphatic rings. The summed E-state index contributed by atoms with van der Waals surface area (Å²) in [5, 5.41) is 12.3. The molecule has 2 aromatic carbocycles. The Balaban J connectivity index is 2.33. The fraction of sp³-hybridized carbons (Fsp3) is 0. The Morgan fingerprint density at radius 2 is 1.83 bits per heavy atom. The van der Waals surface area contributed by atoms with Crippen LogP contribution in [0.15, 0.2) is 40.9 Å². The van der Waals surface area contributed by atoms with Gasteiger partial charge >= 0.3 is 0 Å². The first-order valence-corrected chi connectivity index (χ1v) is 6.19. The van der Waals surface area contributed by atoms with E-state index in [0.29, 0.717) is 10.7 Å². The molecule has 0 fully saturated rings. The van der Waals surface area contributed by atoms with Crippen molar-refractivity contribution in [1.82, 2.24) is 0 Å². The van der Waals surface area contributed by atoms with Gasteiger partial charge in [-0.05, 0) is 52.3 Å². The van der Waals surface area contributed by atoms with E-state index < -0.39 is 5.82 Å². The number of halogens is 3. The van der Waals surface area contributed by atoms with Gasteiger partial charge in [-0.25, -0.2) is 4.39 Å². The van der Waals surface area contributed by atoms with Crippen LogP contribution in [0.5, 0.6) is 0 Å². The largest absolute Gasteiger partial charge is 0.353 e. The lowest BCUT2D eigenvalue weighted by Gasteiger charge is -2.09. The van der Waals surface area contributed by atoms with Crippen LogP contribution in [0.1, 0.15) is 5.56 Å². The quantitative estimate of drug-likeness (QED) is 0.856. The predicted octanol–water partition coefficient (Wildman–Crippen LogP) is 4.86. The lowest BCUT2D eigenvalue weighted by Crippen LogP contribution is -1.95. The van der Waals surface area contributed by atoms with Crippen LogP contribution in [-0.2, 0) is 0 Å². The van der Waals surface area contributed by atoms with Crippen molar-refractivity contribution in [3.63, 3.8) is 0 Å². The van der Waals surface area contributed by atoms with Crippen molar-refractivity contribution in [2.24, 2.45) is 0 Å². The van der Waals surface area contributed by atoms with Crippen molar-refractivity contribution < 1.29 is 4.39 Å². The zero-order chi connectivity index (χ0) is 13.1. The Kier molecular flexibility index (Phi) is 3.85. The molecule has 2 rings (SSSR count). The van der Waals surface area contributed by atoms with Crippen LogP contribution in [0, 0.1) is 17.1 Å². The molecule has 0 unspecified atom stereocenters. The van der Waals surface area contributed by atoms with E-state index >= 15 is 0 Å². The minimum atomic E-state index is -0.496. The molecule has 0 radical (unpaired) electrons. The minimum absolute atomic E-state index is 0.156. The molecule has 0 aliphatic carbocycles. The number of benzene rings is 2. The van der Waals surface area contributed by atoms with Gasteiger partial charge in [0.1, 0.15) is 6.07 Å². The van der Waals surface area contributed by atoms with Crippen molar-refractivity contribution in [3.05, 3.63) is 57.3 Å². The third-order valence-corrected chi connectivity index (χ3v) is 3.35. The highest BCUT2D eigenvalue weighted by atomic mass is 79.9. The molecule has 18 heavy (non-hydrogen) atoms. The highest BCUT2D eigenvalue weighted by Gasteiger charge is 2.10. The molecule has 0 aromatic heterocycles. The summed E-state index contributed by atoms with van der Waals surface area (Å²) in [5.41, 5.74) is 1.27. The van der Waals surface area contributed by atoms with Crippen molar-refractivity contribution in [1.29, 1.82) is 5.26 Å². The molecule has 1 N–H and O–H groups in total. The first-order valence-electron chi connectivity index (χ1n) is 5.02. The standard InChI is InChI=1S/C13H7BrClFN2/c14-12-8(7-17)1-6-11(13(12)16)18-10-4-2-9(15)3-5-10/h1-6,18H. The zero-order valence-corrected chi connectivity index (χ0v) is 11.4. The first kappa shape index (κ1) is 12.9. The summed E-state index contributed by atoms with van der Waals surface area (Å²) in [4.78, 5) is 0. The van der Waals surface area contributed by atoms with Crippen LogP contribution in [0.25, 0.3) is 0 Å². The van der Waals surface area contributed by atoms with Gasteiger partial charge in [-0.3, -0.25) is 0 Å². The van der Waals surface area contributed by atoms with Gasteiger partial charge in [-0.15, -0.1) is 0 Å². The first-order chi connectivity index (χ1) is 8.61. The van der Waals surface area contributed by atoms with E-state index in [1.807, 2.05) is 6.07 Å². The molecule has 0 heterocycles. The fourth-order valence-electron chi connectivity index (χ4n) is 1.42. The monoisotopic (exact) mass is 324 g/mol. The Labute approximate surface area is 117 Å².